The van der Waals surface area contributed by atoms with Gasteiger partial charge in [-0.2, -0.15) is 0 Å². The molecule has 0 fully saturated rings. The summed E-state index contributed by atoms with van der Waals surface area (Å²) in [6.07, 6.45) is 0. The Bertz CT molecular complexity index is 2830. The number of rotatable bonds is 6. The summed E-state index contributed by atoms with van der Waals surface area (Å²) in [7, 11) is 0. The molecule has 0 unspecified atom stereocenters. The van der Waals surface area contributed by atoms with Gasteiger partial charge in [0.05, 0.1) is 11.0 Å². The summed E-state index contributed by atoms with van der Waals surface area (Å²) in [6.45, 7) is 0. The van der Waals surface area contributed by atoms with Crippen molar-refractivity contribution in [2.24, 2.45) is 0 Å². The lowest BCUT2D eigenvalue weighted by molar-refractivity contribution is 0.669. The molecule has 3 nitrogen and oxygen atoms in total. The van der Waals surface area contributed by atoms with Crippen LogP contribution >= 0.6 is 0 Å². The number of nitrogens with zero attached hydrogens (tertiary/aromatic N) is 2. The van der Waals surface area contributed by atoms with Crippen LogP contribution in [-0.2, 0) is 0 Å². The van der Waals surface area contributed by atoms with Gasteiger partial charge in [0.25, 0.3) is 0 Å². The number of para-hydroxylation sites is 3. The van der Waals surface area contributed by atoms with E-state index in [1.54, 1.807) is 0 Å². The van der Waals surface area contributed by atoms with Gasteiger partial charge in [-0.25, -0.2) is 0 Å². The second-order valence-electron chi connectivity index (χ2n) is 12.9. The first-order valence-electron chi connectivity index (χ1n) is 17.4. The molecule has 0 spiro atoms. The normalized spacial score (nSPS) is 11.5. The number of anilines is 3. The molecule has 0 saturated heterocycles. The molecule has 2 aromatic heterocycles. The van der Waals surface area contributed by atoms with E-state index >= 15 is 0 Å². The fourth-order valence-electron chi connectivity index (χ4n) is 7.74. The zero-order valence-electron chi connectivity index (χ0n) is 27.8. The second kappa shape index (κ2) is 11.9. The van der Waals surface area contributed by atoms with Crippen molar-refractivity contribution >= 4 is 60.8 Å². The molecular weight excluding hydrogens is 621 g/mol. The van der Waals surface area contributed by atoms with E-state index in [4.69, 9.17) is 4.42 Å². The maximum Gasteiger partial charge on any atom is 0.136 e. The quantitative estimate of drug-likeness (QED) is 0.178. The number of hydrogen-bond acceptors (Lipinski definition) is 2. The Morgan fingerprint density at radius 3 is 1.75 bits per heavy atom. The molecule has 0 amide bonds. The number of benzene rings is 8. The van der Waals surface area contributed by atoms with E-state index in [-0.39, 0.29) is 0 Å². The second-order valence-corrected chi connectivity index (χ2v) is 12.9. The van der Waals surface area contributed by atoms with Crippen LogP contribution in [0.4, 0.5) is 17.1 Å². The van der Waals surface area contributed by atoms with Gasteiger partial charge in [-0.1, -0.05) is 121 Å². The van der Waals surface area contributed by atoms with E-state index in [2.05, 4.69) is 191 Å². The standard InChI is InChI=1S/C48H32N2O/c1-4-14-33(15-5-1)39-21-12-23-44-47(39)42-32-38(30-31-43(42)50(44)36-18-8-3-9-19-36)49(35-16-6-2-7-17-35)37-28-26-34(27-29-37)40-22-13-25-46-48(40)41-20-10-11-24-45(41)51-46/h1-32H. The van der Waals surface area contributed by atoms with Crippen LogP contribution in [0.3, 0.4) is 0 Å². The van der Waals surface area contributed by atoms with E-state index in [1.807, 2.05) is 12.1 Å². The average Bonchev–Trinajstić information content (AvgIpc) is 3.75. The van der Waals surface area contributed by atoms with Crippen LogP contribution < -0.4 is 4.90 Å². The molecule has 0 N–H and O–H groups in total. The molecule has 0 radical (unpaired) electrons. The highest BCUT2D eigenvalue weighted by atomic mass is 16.3. The Hall–Kier alpha value is -6.84. The topological polar surface area (TPSA) is 21.3 Å². The Morgan fingerprint density at radius 2 is 0.961 bits per heavy atom. The van der Waals surface area contributed by atoms with Crippen molar-refractivity contribution < 1.29 is 4.42 Å². The first-order valence-corrected chi connectivity index (χ1v) is 17.4. The summed E-state index contributed by atoms with van der Waals surface area (Å²) in [4.78, 5) is 2.36. The molecular formula is C48H32N2O. The SMILES string of the molecule is c1ccc(-c2cccc3c2c2cc(N(c4ccccc4)c4ccc(-c5cccc6oc7ccccc7c56)cc4)ccc2n3-c2ccccc2)cc1. The van der Waals surface area contributed by atoms with Crippen molar-refractivity contribution in [1.82, 2.24) is 4.57 Å². The van der Waals surface area contributed by atoms with Gasteiger partial charge in [0.1, 0.15) is 11.2 Å². The maximum atomic E-state index is 6.21. The lowest BCUT2D eigenvalue weighted by Gasteiger charge is -2.26. The zero-order chi connectivity index (χ0) is 33.7. The smallest absolute Gasteiger partial charge is 0.136 e. The summed E-state index contributed by atoms with van der Waals surface area (Å²) < 4.78 is 8.61. The van der Waals surface area contributed by atoms with Gasteiger partial charge in [0.2, 0.25) is 0 Å². The highest BCUT2D eigenvalue weighted by Crippen LogP contribution is 2.43. The summed E-state index contributed by atoms with van der Waals surface area (Å²) in [5.74, 6) is 0. The van der Waals surface area contributed by atoms with Gasteiger partial charge in [-0.15, -0.1) is 0 Å². The van der Waals surface area contributed by atoms with Gasteiger partial charge in [-0.3, -0.25) is 0 Å². The molecule has 0 bridgehead atoms. The minimum Gasteiger partial charge on any atom is -0.456 e. The first-order chi connectivity index (χ1) is 25.3. The molecule has 10 aromatic rings. The molecule has 0 saturated carbocycles. The van der Waals surface area contributed by atoms with E-state index in [1.165, 1.54) is 38.5 Å². The van der Waals surface area contributed by atoms with Crippen LogP contribution in [0.5, 0.6) is 0 Å². The third kappa shape index (κ3) is 4.82. The minimum atomic E-state index is 0.904. The van der Waals surface area contributed by atoms with Gasteiger partial charge in [-0.05, 0) is 95.1 Å². The molecule has 10 rings (SSSR count). The lowest BCUT2D eigenvalue weighted by atomic mass is 9.98. The van der Waals surface area contributed by atoms with Crippen molar-refractivity contribution in [1.29, 1.82) is 0 Å². The van der Waals surface area contributed by atoms with Gasteiger partial charge in [0, 0.05) is 44.3 Å². The van der Waals surface area contributed by atoms with Crippen LogP contribution in [0.1, 0.15) is 0 Å². The molecule has 2 heterocycles. The minimum absolute atomic E-state index is 0.904. The summed E-state index contributed by atoms with van der Waals surface area (Å²) in [5.41, 5.74) is 13.3. The third-order valence-corrected chi connectivity index (χ3v) is 9.98. The van der Waals surface area contributed by atoms with Crippen molar-refractivity contribution in [3.8, 4) is 27.9 Å². The summed E-state index contributed by atoms with van der Waals surface area (Å²) in [5, 5.41) is 4.74. The summed E-state index contributed by atoms with van der Waals surface area (Å²) >= 11 is 0. The van der Waals surface area contributed by atoms with Crippen LogP contribution in [0.25, 0.3) is 71.7 Å². The monoisotopic (exact) mass is 652 g/mol. The van der Waals surface area contributed by atoms with Crippen LogP contribution in [0.2, 0.25) is 0 Å². The molecule has 8 aromatic carbocycles. The highest BCUT2D eigenvalue weighted by Gasteiger charge is 2.20. The Kier molecular flexibility index (Phi) is 6.81. The van der Waals surface area contributed by atoms with Gasteiger partial charge in [0.15, 0.2) is 0 Å². The molecule has 0 aliphatic heterocycles. The van der Waals surface area contributed by atoms with E-state index < -0.39 is 0 Å². The predicted octanol–water partition coefficient (Wildman–Crippen LogP) is 13.5. The van der Waals surface area contributed by atoms with Crippen molar-refractivity contribution in [3.05, 3.63) is 194 Å². The van der Waals surface area contributed by atoms with Crippen LogP contribution in [0.15, 0.2) is 199 Å². The third-order valence-electron chi connectivity index (χ3n) is 9.98. The number of aromatic nitrogens is 1. The fraction of sp³-hybridized carbons (Fsp3) is 0. The maximum absolute atomic E-state index is 6.21. The van der Waals surface area contributed by atoms with Crippen LogP contribution in [0, 0.1) is 0 Å². The molecule has 3 heteroatoms. The molecule has 0 aliphatic carbocycles. The number of hydrogen-bond donors (Lipinski definition) is 0. The number of furan rings is 1. The molecule has 0 atom stereocenters. The van der Waals surface area contributed by atoms with E-state index in [0.29, 0.717) is 0 Å². The van der Waals surface area contributed by atoms with Gasteiger partial charge < -0.3 is 13.9 Å². The first kappa shape index (κ1) is 29.1. The van der Waals surface area contributed by atoms with Gasteiger partial charge >= 0.3 is 0 Å². The fourth-order valence-corrected chi connectivity index (χ4v) is 7.74. The molecule has 51 heavy (non-hydrogen) atoms. The lowest BCUT2D eigenvalue weighted by Crippen LogP contribution is -2.09. The average molecular weight is 653 g/mol. The number of fused-ring (bicyclic) bond motifs is 6. The predicted molar refractivity (Wildman–Crippen MR) is 214 cm³/mol. The van der Waals surface area contributed by atoms with E-state index in [9.17, 15) is 0 Å². The zero-order valence-corrected chi connectivity index (χ0v) is 27.8. The van der Waals surface area contributed by atoms with Crippen molar-refractivity contribution in [3.63, 3.8) is 0 Å². The van der Waals surface area contributed by atoms with Crippen LogP contribution in [-0.4, -0.2) is 4.57 Å². The largest absolute Gasteiger partial charge is 0.456 e. The van der Waals surface area contributed by atoms with Crippen molar-refractivity contribution in [2.75, 3.05) is 4.90 Å². The highest BCUT2D eigenvalue weighted by molar-refractivity contribution is 6.17. The molecule has 240 valence electrons. The molecule has 0 aliphatic rings. The Morgan fingerprint density at radius 1 is 0.373 bits per heavy atom. The van der Waals surface area contributed by atoms with E-state index in [0.717, 1.165) is 50.3 Å². The Balaban J connectivity index is 1.17. The summed E-state index contributed by atoms with van der Waals surface area (Å²) in [6, 6.07) is 69.1. The van der Waals surface area contributed by atoms with Crippen molar-refractivity contribution in [2.45, 2.75) is 0 Å². The Labute approximate surface area is 295 Å².